The number of carboxylic acids is 1. The van der Waals surface area contributed by atoms with E-state index >= 15 is 0 Å². The number of aliphatic carboxylic acids is 1. The molecule has 0 atom stereocenters. The van der Waals surface area contributed by atoms with Crippen molar-refractivity contribution in [2.45, 2.75) is 20.3 Å². The van der Waals surface area contributed by atoms with Crippen LogP contribution in [0.4, 0.5) is 4.39 Å². The Morgan fingerprint density at radius 3 is 2.50 bits per heavy atom. The maximum absolute atomic E-state index is 13.3. The molecule has 0 saturated heterocycles. The van der Waals surface area contributed by atoms with Gasteiger partial charge in [0, 0.05) is 6.54 Å². The molecule has 98 valence electrons. The van der Waals surface area contributed by atoms with Crippen LogP contribution in [0, 0.1) is 11.2 Å². The second kappa shape index (κ2) is 5.62. The number of carboxylic acid groups (broad SMARTS) is 1. The minimum atomic E-state index is -1.04. The maximum atomic E-state index is 13.3. The molecule has 0 radical (unpaired) electrons. The number of hydrogen-bond donors (Lipinski definition) is 2. The van der Waals surface area contributed by atoms with Crippen molar-refractivity contribution >= 4 is 11.9 Å². The molecule has 0 unspecified atom stereocenters. The molecule has 1 amide bonds. The molecule has 0 saturated carbocycles. The summed E-state index contributed by atoms with van der Waals surface area (Å²) in [6.07, 6.45) is -0.0949. The van der Waals surface area contributed by atoms with E-state index in [0.717, 1.165) is 0 Å². The summed E-state index contributed by atoms with van der Waals surface area (Å²) < 4.78 is 13.3. The molecule has 0 aliphatic carbocycles. The van der Waals surface area contributed by atoms with E-state index in [-0.39, 0.29) is 13.0 Å². The fourth-order valence-corrected chi connectivity index (χ4v) is 1.27. The highest BCUT2D eigenvalue weighted by Gasteiger charge is 2.27. The van der Waals surface area contributed by atoms with Crippen LogP contribution < -0.4 is 5.32 Å². The van der Waals surface area contributed by atoms with Gasteiger partial charge in [0.1, 0.15) is 5.82 Å². The minimum absolute atomic E-state index is 0.00954. The Bertz CT molecular complexity index is 457. The first-order valence-corrected chi connectivity index (χ1v) is 5.56. The molecule has 0 spiro atoms. The molecule has 2 N–H and O–H groups in total. The topological polar surface area (TPSA) is 66.4 Å². The smallest absolute Gasteiger partial charge is 0.310 e. The Morgan fingerprint density at radius 2 is 1.94 bits per heavy atom. The molecule has 1 aromatic carbocycles. The number of rotatable bonds is 5. The number of carbonyl (C=O) groups excluding carboxylic acids is 1. The van der Waals surface area contributed by atoms with Crippen LogP contribution in [0.15, 0.2) is 24.3 Å². The third-order valence-electron chi connectivity index (χ3n) is 2.62. The fourth-order valence-electron chi connectivity index (χ4n) is 1.27. The lowest BCUT2D eigenvalue weighted by Crippen LogP contribution is -2.39. The van der Waals surface area contributed by atoms with Crippen molar-refractivity contribution in [1.82, 2.24) is 5.32 Å². The van der Waals surface area contributed by atoms with Gasteiger partial charge >= 0.3 is 5.97 Å². The van der Waals surface area contributed by atoms with Gasteiger partial charge < -0.3 is 10.4 Å². The first kappa shape index (κ1) is 14.2. The van der Waals surface area contributed by atoms with Gasteiger partial charge in [-0.05, 0) is 25.5 Å². The van der Waals surface area contributed by atoms with Crippen molar-refractivity contribution in [3.63, 3.8) is 0 Å². The summed E-state index contributed by atoms with van der Waals surface area (Å²) in [4.78, 5) is 22.4. The van der Waals surface area contributed by atoms with Gasteiger partial charge in [0.25, 0.3) is 0 Å². The Labute approximate surface area is 105 Å². The van der Waals surface area contributed by atoms with Crippen LogP contribution >= 0.6 is 0 Å². The summed E-state index contributed by atoms with van der Waals surface area (Å²) in [6, 6.07) is 6.00. The molecule has 1 rings (SSSR count). The van der Waals surface area contributed by atoms with Gasteiger partial charge in [-0.25, -0.2) is 4.39 Å². The molecule has 0 bridgehead atoms. The number of carbonyl (C=O) groups is 2. The van der Waals surface area contributed by atoms with E-state index < -0.39 is 23.1 Å². The van der Waals surface area contributed by atoms with Crippen LogP contribution in [-0.4, -0.2) is 23.5 Å². The van der Waals surface area contributed by atoms with E-state index in [4.69, 9.17) is 5.11 Å². The Morgan fingerprint density at radius 1 is 1.33 bits per heavy atom. The van der Waals surface area contributed by atoms with Crippen molar-refractivity contribution in [2.75, 3.05) is 6.54 Å². The number of hydrogen-bond acceptors (Lipinski definition) is 2. The summed E-state index contributed by atoms with van der Waals surface area (Å²) in [5.74, 6) is -1.83. The summed E-state index contributed by atoms with van der Waals surface area (Å²) in [6.45, 7) is 3.03. The van der Waals surface area contributed by atoms with E-state index in [9.17, 15) is 14.0 Å². The van der Waals surface area contributed by atoms with Gasteiger partial charge in [-0.15, -0.1) is 0 Å². The highest BCUT2D eigenvalue weighted by Crippen LogP contribution is 2.13. The second-order valence-corrected chi connectivity index (χ2v) is 4.73. The third kappa shape index (κ3) is 3.84. The lowest BCUT2D eigenvalue weighted by atomic mass is 9.94. The number of halogens is 1. The zero-order valence-electron chi connectivity index (χ0n) is 10.4. The fraction of sp³-hybridized carbons (Fsp3) is 0.385. The Hall–Kier alpha value is -1.91. The average molecular weight is 253 g/mol. The van der Waals surface area contributed by atoms with Crippen LogP contribution in [0.2, 0.25) is 0 Å². The quantitative estimate of drug-likeness (QED) is 0.837. The SMILES string of the molecule is CC(C)(CNC(=O)Cc1ccccc1F)C(=O)O. The van der Waals surface area contributed by atoms with E-state index in [1.165, 1.54) is 26.0 Å². The van der Waals surface area contributed by atoms with Crippen LogP contribution in [0.25, 0.3) is 0 Å². The van der Waals surface area contributed by atoms with Crippen LogP contribution in [-0.2, 0) is 16.0 Å². The molecule has 0 aliphatic heterocycles. The van der Waals surface area contributed by atoms with E-state index in [1.54, 1.807) is 12.1 Å². The van der Waals surface area contributed by atoms with E-state index in [1.807, 2.05) is 0 Å². The van der Waals surface area contributed by atoms with E-state index in [0.29, 0.717) is 5.56 Å². The monoisotopic (exact) mass is 253 g/mol. The average Bonchev–Trinajstić information content (AvgIpc) is 2.29. The lowest BCUT2D eigenvalue weighted by molar-refractivity contribution is -0.146. The standard InChI is InChI=1S/C13H16FNO3/c1-13(2,12(17)18)8-15-11(16)7-9-5-3-4-6-10(9)14/h3-6H,7-8H2,1-2H3,(H,15,16)(H,17,18). The second-order valence-electron chi connectivity index (χ2n) is 4.73. The Balaban J connectivity index is 2.54. The summed E-state index contributed by atoms with van der Waals surface area (Å²) >= 11 is 0. The van der Waals surface area contributed by atoms with Gasteiger partial charge in [-0.2, -0.15) is 0 Å². The van der Waals surface area contributed by atoms with Crippen molar-refractivity contribution in [1.29, 1.82) is 0 Å². The predicted octanol–water partition coefficient (Wildman–Crippen LogP) is 1.60. The predicted molar refractivity (Wildman–Crippen MR) is 64.5 cm³/mol. The normalized spacial score (nSPS) is 11.1. The molecule has 4 nitrogen and oxygen atoms in total. The number of nitrogens with one attached hydrogen (secondary N) is 1. The minimum Gasteiger partial charge on any atom is -0.481 e. The zero-order chi connectivity index (χ0) is 13.8. The highest BCUT2D eigenvalue weighted by atomic mass is 19.1. The highest BCUT2D eigenvalue weighted by molar-refractivity contribution is 5.80. The third-order valence-corrected chi connectivity index (χ3v) is 2.62. The zero-order valence-corrected chi connectivity index (χ0v) is 10.4. The first-order chi connectivity index (χ1) is 8.33. The maximum Gasteiger partial charge on any atom is 0.310 e. The number of amides is 1. The molecule has 1 aromatic rings. The van der Waals surface area contributed by atoms with Gasteiger partial charge in [0.15, 0.2) is 0 Å². The van der Waals surface area contributed by atoms with Gasteiger partial charge in [0.05, 0.1) is 11.8 Å². The number of benzene rings is 1. The summed E-state index contributed by atoms with van der Waals surface area (Å²) in [5, 5.41) is 11.4. The molecule has 18 heavy (non-hydrogen) atoms. The van der Waals surface area contributed by atoms with Gasteiger partial charge in [0.2, 0.25) is 5.91 Å². The Kier molecular flexibility index (Phi) is 4.42. The van der Waals surface area contributed by atoms with Gasteiger partial charge in [-0.3, -0.25) is 9.59 Å². The summed E-state index contributed by atoms with van der Waals surface area (Å²) in [7, 11) is 0. The molecule has 0 aliphatic rings. The molecule has 5 heteroatoms. The molecular formula is C13H16FNO3. The first-order valence-electron chi connectivity index (χ1n) is 5.56. The largest absolute Gasteiger partial charge is 0.481 e. The van der Waals surface area contributed by atoms with Crippen LogP contribution in [0.3, 0.4) is 0 Å². The molecule has 0 fully saturated rings. The molecule has 0 aromatic heterocycles. The van der Waals surface area contributed by atoms with Crippen molar-refractivity contribution < 1.29 is 19.1 Å². The van der Waals surface area contributed by atoms with Crippen molar-refractivity contribution in [3.05, 3.63) is 35.6 Å². The van der Waals surface area contributed by atoms with Crippen LogP contribution in [0.5, 0.6) is 0 Å². The summed E-state index contributed by atoms with van der Waals surface area (Å²) in [5.41, 5.74) is -0.742. The van der Waals surface area contributed by atoms with Gasteiger partial charge in [-0.1, -0.05) is 18.2 Å². The van der Waals surface area contributed by atoms with Crippen molar-refractivity contribution in [2.24, 2.45) is 5.41 Å². The molecular weight excluding hydrogens is 237 g/mol. The molecule has 0 heterocycles. The van der Waals surface area contributed by atoms with Crippen molar-refractivity contribution in [3.8, 4) is 0 Å². The van der Waals surface area contributed by atoms with E-state index in [2.05, 4.69) is 5.32 Å². The van der Waals surface area contributed by atoms with Crippen LogP contribution in [0.1, 0.15) is 19.4 Å². The lowest BCUT2D eigenvalue weighted by Gasteiger charge is -2.19.